The van der Waals surface area contributed by atoms with Gasteiger partial charge in [0.15, 0.2) is 0 Å². The van der Waals surface area contributed by atoms with E-state index < -0.39 is 0 Å². The third-order valence-corrected chi connectivity index (χ3v) is 63.9. The lowest BCUT2D eigenvalue weighted by molar-refractivity contribution is 0.805. The smallest absolute Gasteiger partial charge is 0.0890 e. The highest BCUT2D eigenvalue weighted by Crippen LogP contribution is 2.79. The molecule has 34 rings (SSSR count). The van der Waals surface area contributed by atoms with Gasteiger partial charge >= 0.3 is 0 Å². The molecule has 0 radical (unpaired) electrons. The minimum absolute atomic E-state index is 0.252. The van der Waals surface area contributed by atoms with E-state index in [1.807, 2.05) is 131 Å². The van der Waals surface area contributed by atoms with Crippen LogP contribution in [-0.4, -0.2) is 14.6 Å². The predicted octanol–water partition coefficient (Wildman–Crippen LogP) is 34.0. The highest BCUT2D eigenvalue weighted by molar-refractivity contribution is 9.19. The van der Waals surface area contributed by atoms with Crippen molar-refractivity contribution in [1.29, 1.82) is 0 Å². The van der Waals surface area contributed by atoms with Crippen molar-refractivity contribution in [1.82, 2.24) is 0 Å². The van der Waals surface area contributed by atoms with Gasteiger partial charge in [-0.15, -0.1) is 22.7 Å². The van der Waals surface area contributed by atoms with Crippen molar-refractivity contribution in [2.24, 2.45) is 11.8 Å². The monoisotopic (exact) mass is 1880 g/mol. The van der Waals surface area contributed by atoms with Gasteiger partial charge in [-0.1, -0.05) is 374 Å². The molecular formula is C89H40S24. The molecule has 0 fully saturated rings. The Bertz CT molecular complexity index is 7500. The van der Waals surface area contributed by atoms with E-state index in [1.54, 1.807) is 87.9 Å². The predicted molar refractivity (Wildman–Crippen MR) is 535 cm³/mol. The second kappa shape index (κ2) is 25.8. The first kappa shape index (κ1) is 68.6. The van der Waals surface area contributed by atoms with Crippen LogP contribution in [0.3, 0.4) is 0 Å². The molecule has 16 aromatic carbocycles. The number of hydrogen-bond acceptors (Lipinski definition) is 20. The van der Waals surface area contributed by atoms with Gasteiger partial charge in [-0.3, -0.25) is 0 Å². The van der Waals surface area contributed by atoms with Crippen molar-refractivity contribution in [3.8, 4) is 0 Å². The first-order valence-corrected chi connectivity index (χ1v) is 64.3. The third-order valence-electron chi connectivity index (χ3n) is 23.3. The van der Waals surface area contributed by atoms with E-state index >= 15 is 0 Å². The molecule has 0 saturated heterocycles. The van der Waals surface area contributed by atoms with E-state index in [-0.39, 0.29) is 17.1 Å². The zero-order chi connectivity index (χ0) is 72.6. The van der Waals surface area contributed by atoms with Gasteiger partial charge in [0.2, 0.25) is 0 Å². The number of thiophene rings is 2. The van der Waals surface area contributed by atoms with Crippen molar-refractivity contribution in [2.75, 3.05) is 0 Å². The summed E-state index contributed by atoms with van der Waals surface area (Å²) in [5.74, 6) is 1.26. The maximum atomic E-state index is 2.38. The van der Waals surface area contributed by atoms with Crippen LogP contribution in [-0.2, 0) is 6.42 Å². The maximum Gasteiger partial charge on any atom is 0.0890 e. The molecular weight excluding hydrogens is 1840 g/mol. The van der Waals surface area contributed by atoms with E-state index in [0.29, 0.717) is 28.9 Å². The van der Waals surface area contributed by atoms with Crippen LogP contribution >= 0.6 is 251 Å². The van der Waals surface area contributed by atoms with Crippen molar-refractivity contribution in [2.45, 2.75) is 84.7 Å². The molecule has 0 amide bonds. The van der Waals surface area contributed by atoms with E-state index in [0.717, 1.165) is 6.42 Å². The number of fused-ring (bicyclic) bond motifs is 10. The Morgan fingerprint density at radius 2 is 0.628 bits per heavy atom. The summed E-state index contributed by atoms with van der Waals surface area (Å²) >= 11 is 3.97. The summed E-state index contributed by atoms with van der Waals surface area (Å²) < 4.78 is 6.15. The molecule has 18 aromatic rings. The number of hydrogen-bond donors (Lipinski definition) is 0. The first-order valence-electron chi connectivity index (χ1n) is 36.3. The van der Waals surface area contributed by atoms with Gasteiger partial charge in [-0.25, -0.2) is 0 Å². The van der Waals surface area contributed by atoms with Crippen LogP contribution in [0.5, 0.6) is 0 Å². The summed E-state index contributed by atoms with van der Waals surface area (Å²) in [6.07, 6.45) is 1.12. The fraction of sp³-hybridized carbons (Fsp3) is 0.0337. The minimum Gasteiger partial charge on any atom is -0.124 e. The van der Waals surface area contributed by atoms with E-state index in [9.17, 15) is 0 Å². The standard InChI is InChI=1S/C22H10S6.C18H8S4.C15H4S5.C14H8S3.C10H4S4.C10H6S2/c1-2-6-10-9(5-1)17-13-14-18(10)24-28-22(14)16-15-19(25-27(23-17)21(13)15)11-7-3-4-8-12(11)20(16)26-28;1-2-6-10-9(5-1)15-13-14-16(10)20-22-18(14)12-8-4-3-7-11(12)17(13)21-19-15;1-3-7-11-9-5(1)16-15-13(9)10-6(17-15)2-4-8-12(10)14(11)20(18-7)19-8;1-3-8-7-9-4-2-6-11-13(9)14-12(8)10(5-1)15-17(14)16-11;1-2-6-10-8(14-12-6)4-3-7-9(10)5(1)11-13-7;1-3-7-4-2-6-9-10(7)8(5-1)11-12-9/h1-8,13-14H;1-8H;1-4H;1-6H,7H2;1-4H;1-6H. The normalized spacial score (nSPS) is 20.3. The van der Waals surface area contributed by atoms with E-state index in [4.69, 9.17) is 0 Å². The summed E-state index contributed by atoms with van der Waals surface area (Å²) in [7, 11) is 37.2. The number of rotatable bonds is 0. The molecule has 4 unspecified atom stereocenters. The van der Waals surface area contributed by atoms with Gasteiger partial charge in [-0.05, 0) is 138 Å². The minimum atomic E-state index is 0.252. The molecule has 24 heteroatoms. The Morgan fingerprint density at radius 1 is 0.248 bits per heavy atom. The lowest BCUT2D eigenvalue weighted by atomic mass is 9.72. The van der Waals surface area contributed by atoms with Crippen LogP contribution in [0.25, 0.3) is 115 Å². The highest BCUT2D eigenvalue weighted by atomic mass is 33.5. The summed E-state index contributed by atoms with van der Waals surface area (Å²) in [5.41, 5.74) is 9.56. The van der Waals surface area contributed by atoms with Crippen LogP contribution in [0.1, 0.15) is 33.4 Å². The molecule has 0 N–H and O–H groups in total. The molecule has 4 atom stereocenters. The van der Waals surface area contributed by atoms with Gasteiger partial charge in [0.1, 0.15) is 0 Å². The highest BCUT2D eigenvalue weighted by Gasteiger charge is 2.57. The molecule has 0 bridgehead atoms. The van der Waals surface area contributed by atoms with Crippen molar-refractivity contribution in [3.63, 3.8) is 0 Å². The van der Waals surface area contributed by atoms with Crippen LogP contribution in [0.2, 0.25) is 0 Å². The summed E-state index contributed by atoms with van der Waals surface area (Å²) in [6, 6.07) is 81.2. The lowest BCUT2D eigenvalue weighted by Gasteiger charge is -2.34. The van der Waals surface area contributed by atoms with Gasteiger partial charge in [0.05, 0.1) is 4.01 Å². The molecule has 0 nitrogen and oxygen atoms in total. The van der Waals surface area contributed by atoms with Gasteiger partial charge in [-0.2, -0.15) is 0 Å². The Balaban J connectivity index is 0.0000000719. The molecule has 15 heterocycles. The fourth-order valence-corrected chi connectivity index (χ4v) is 65.4. The summed E-state index contributed by atoms with van der Waals surface area (Å²) in [5, 5.41) is 28.4. The van der Waals surface area contributed by atoms with Gasteiger partial charge in [0, 0.05) is 205 Å². The SMILES string of the molecule is c1cc2c3c(c1)SS1=C3c3c(cccc3S1)C2.c1cc2c3c(ccc4c3c1SS4)SS2.c1cc2c3c(cccc3c1)SS2.c1cc2sc3sc4ccc5c6c7c(c1SS=7S5)c2c3c46.c1ccc2c(c1)=C1SS3=C4c5c6c(c7ccccc7c5S3)SS3=C6C(C=2S3)C14.c1ccc2c3c4c(c5ccccc5c5c4c(c2c1)SS5)SS3. The molecule has 13 aliphatic heterocycles. The molecule has 3 aliphatic carbocycles. The average molecular weight is 1880 g/mol. The van der Waals surface area contributed by atoms with Crippen LogP contribution in [0.4, 0.5) is 0 Å². The largest absolute Gasteiger partial charge is 0.124 e. The van der Waals surface area contributed by atoms with Crippen LogP contribution < -0.4 is 10.4 Å². The third kappa shape index (κ3) is 9.51. The molecule has 113 heavy (non-hydrogen) atoms. The van der Waals surface area contributed by atoms with Gasteiger partial charge < -0.3 is 0 Å². The first-order chi connectivity index (χ1) is 56.0. The molecule has 0 spiro atoms. The molecule has 16 aliphatic rings. The van der Waals surface area contributed by atoms with Crippen molar-refractivity contribution < 1.29 is 0 Å². The zero-order valence-electron chi connectivity index (χ0n) is 57.4. The van der Waals surface area contributed by atoms with E-state index in [1.165, 1.54) is 168 Å². The Labute approximate surface area is 733 Å². The molecule has 0 saturated carbocycles. The summed E-state index contributed by atoms with van der Waals surface area (Å²) in [6.45, 7) is 0. The Hall–Kier alpha value is -3.04. The number of benzene rings is 16. The van der Waals surface area contributed by atoms with E-state index in [2.05, 4.69) is 305 Å². The lowest BCUT2D eigenvalue weighted by Crippen LogP contribution is -2.43. The average Bonchev–Trinajstić information content (AvgIpc) is 1.50. The molecule has 2 aromatic heterocycles. The molecule has 540 valence electrons. The maximum absolute atomic E-state index is 2.38. The quantitative estimate of drug-likeness (QED) is 0.0803. The Kier molecular flexibility index (Phi) is 15.6. The second-order valence-corrected chi connectivity index (χ2v) is 65.1. The van der Waals surface area contributed by atoms with Crippen molar-refractivity contribution >= 4 is 381 Å². The second-order valence-electron chi connectivity index (χ2n) is 28.9. The fourth-order valence-electron chi connectivity index (χ4n) is 18.8. The van der Waals surface area contributed by atoms with Gasteiger partial charge in [0.25, 0.3) is 0 Å². The Morgan fingerprint density at radius 3 is 1.07 bits per heavy atom. The van der Waals surface area contributed by atoms with Crippen LogP contribution in [0.15, 0.2) is 297 Å². The topological polar surface area (TPSA) is 0 Å². The van der Waals surface area contributed by atoms with Crippen molar-refractivity contribution in [3.05, 3.63) is 267 Å². The zero-order valence-corrected chi connectivity index (χ0v) is 77.0. The van der Waals surface area contributed by atoms with Crippen LogP contribution in [0, 0.1) is 16.3 Å². The summed E-state index contributed by atoms with van der Waals surface area (Å²) in [4.78, 5) is 32.2.